The van der Waals surface area contributed by atoms with E-state index in [1.165, 1.54) is 6.20 Å². The smallest absolute Gasteiger partial charge is 0.129 e. The van der Waals surface area contributed by atoms with Crippen molar-refractivity contribution in [3.8, 4) is 17.0 Å². The zero-order valence-electron chi connectivity index (χ0n) is 16.9. The predicted molar refractivity (Wildman–Crippen MR) is 94.0 cm³/mol. The number of methoxy groups -OCH3 is 1. The molecule has 24 heavy (non-hydrogen) atoms. The molecule has 0 unspecified atom stereocenters. The number of hydrogen-bond acceptors (Lipinski definition) is 5. The van der Waals surface area contributed by atoms with Gasteiger partial charge in [-0.2, -0.15) is 15.0 Å². The number of nitrogens with zero attached hydrogens (tertiary/aromatic N) is 4. The number of hydrogen-bond donors (Lipinski definition) is 1. The third kappa shape index (κ3) is 3.22. The third-order valence-corrected chi connectivity index (χ3v) is 3.86. The molecular weight excluding hydrogens is 302 g/mol. The third-order valence-electron chi connectivity index (χ3n) is 3.86. The van der Waals surface area contributed by atoms with Crippen molar-refractivity contribution >= 4 is 5.82 Å². The fourth-order valence-electron chi connectivity index (χ4n) is 2.55. The lowest BCUT2D eigenvalue weighted by Crippen LogP contribution is -2.05. The zero-order valence-corrected chi connectivity index (χ0v) is 13.9. The average molecular weight is 326 g/mol. The molecule has 0 aliphatic carbocycles. The first-order valence-electron chi connectivity index (χ1n) is 9.06. The van der Waals surface area contributed by atoms with Crippen LogP contribution in [0.2, 0.25) is 0 Å². The Bertz CT molecular complexity index is 952. The molecule has 0 atom stereocenters. The molecule has 6 nitrogen and oxygen atoms in total. The Morgan fingerprint density at radius 2 is 2.17 bits per heavy atom. The fourth-order valence-corrected chi connectivity index (χ4v) is 2.55. The number of aryl methyl sites for hydroxylation is 2. The van der Waals surface area contributed by atoms with Crippen molar-refractivity contribution in [1.82, 2.24) is 20.0 Å². The molecule has 0 aliphatic rings. The average Bonchev–Trinajstić information content (AvgIpc) is 3.12. The Morgan fingerprint density at radius 3 is 2.92 bits per heavy atom. The van der Waals surface area contributed by atoms with Gasteiger partial charge in [-0.1, -0.05) is 12.1 Å². The van der Waals surface area contributed by atoms with Gasteiger partial charge in [0.15, 0.2) is 0 Å². The summed E-state index contributed by atoms with van der Waals surface area (Å²) < 4.78 is 27.6. The summed E-state index contributed by atoms with van der Waals surface area (Å²) in [6.07, 6.45) is 3.10. The maximum atomic E-state index is 7.39. The molecular formula is C18H21N5O. The molecule has 1 aromatic carbocycles. The summed E-state index contributed by atoms with van der Waals surface area (Å²) in [5, 5.41) is 11.2. The van der Waals surface area contributed by atoms with Crippen LogP contribution in [0.1, 0.15) is 20.8 Å². The van der Waals surface area contributed by atoms with E-state index in [0.29, 0.717) is 18.1 Å². The Morgan fingerprint density at radius 1 is 1.29 bits per heavy atom. The lowest BCUT2D eigenvalue weighted by Gasteiger charge is -2.13. The Hall–Kier alpha value is -2.89. The number of pyridine rings is 1. The van der Waals surface area contributed by atoms with Crippen molar-refractivity contribution in [2.45, 2.75) is 20.4 Å². The molecule has 3 rings (SSSR count). The van der Waals surface area contributed by atoms with Crippen LogP contribution in [0, 0.1) is 13.8 Å². The van der Waals surface area contributed by atoms with Gasteiger partial charge in [0, 0.05) is 40.5 Å². The van der Waals surface area contributed by atoms with Crippen LogP contribution in [0.4, 0.5) is 5.82 Å². The van der Waals surface area contributed by atoms with Gasteiger partial charge in [-0.3, -0.25) is 0 Å². The first-order chi connectivity index (χ1) is 12.8. The second kappa shape index (κ2) is 6.70. The maximum Gasteiger partial charge on any atom is 0.129 e. The monoisotopic (exact) mass is 326 g/mol. The highest BCUT2D eigenvalue weighted by molar-refractivity contribution is 5.68. The summed E-state index contributed by atoms with van der Waals surface area (Å²) in [4.78, 5) is 5.13. The number of ether oxygens (including phenoxy) is 1. The molecule has 1 N–H and O–H groups in total. The molecule has 0 saturated heterocycles. The standard InChI is InChI=1S/C18H21N5O/c1-12-5-6-14(17(9-12)24-4)10-20-18-13(2)15(7-8-19-18)16-11-21-23(3)22-16/h5-9,11H,10H2,1-4H3,(H,19,20)/i3D3. The molecule has 0 fully saturated rings. The van der Waals surface area contributed by atoms with Crippen molar-refractivity contribution in [1.29, 1.82) is 0 Å². The van der Waals surface area contributed by atoms with Gasteiger partial charge in [-0.15, -0.1) is 0 Å². The van der Waals surface area contributed by atoms with Gasteiger partial charge in [0.1, 0.15) is 17.3 Å². The maximum absolute atomic E-state index is 7.39. The molecule has 0 amide bonds. The van der Waals surface area contributed by atoms with Gasteiger partial charge < -0.3 is 10.1 Å². The summed E-state index contributed by atoms with van der Waals surface area (Å²) in [5.41, 5.74) is 4.27. The molecule has 124 valence electrons. The second-order valence-electron chi connectivity index (χ2n) is 5.52. The Labute approximate surface area is 145 Å². The molecule has 6 heteroatoms. The van der Waals surface area contributed by atoms with Crippen LogP contribution in [0.15, 0.2) is 36.7 Å². The highest BCUT2D eigenvalue weighted by atomic mass is 16.5. The van der Waals surface area contributed by atoms with Crippen molar-refractivity contribution in [3.05, 3.63) is 53.3 Å². The second-order valence-corrected chi connectivity index (χ2v) is 5.52. The quantitative estimate of drug-likeness (QED) is 0.780. The molecule has 2 aromatic heterocycles. The van der Waals surface area contributed by atoms with E-state index in [1.807, 2.05) is 32.0 Å². The van der Waals surface area contributed by atoms with Crippen LogP contribution in [0.3, 0.4) is 0 Å². The molecule has 2 heterocycles. The van der Waals surface area contributed by atoms with Crippen LogP contribution in [0.25, 0.3) is 11.3 Å². The molecule has 0 aliphatic heterocycles. The molecule has 0 spiro atoms. The molecule has 0 saturated carbocycles. The fraction of sp³-hybridized carbons (Fsp3) is 0.278. The van der Waals surface area contributed by atoms with E-state index in [4.69, 9.17) is 8.85 Å². The van der Waals surface area contributed by atoms with E-state index >= 15 is 0 Å². The van der Waals surface area contributed by atoms with Crippen LogP contribution in [-0.2, 0) is 13.5 Å². The van der Waals surface area contributed by atoms with Gasteiger partial charge in [-0.05, 0) is 31.5 Å². The lowest BCUT2D eigenvalue weighted by atomic mass is 10.1. The van der Waals surface area contributed by atoms with Crippen molar-refractivity contribution in [2.24, 2.45) is 6.98 Å². The van der Waals surface area contributed by atoms with E-state index in [1.54, 1.807) is 19.4 Å². The predicted octanol–water partition coefficient (Wildman–Crippen LogP) is 3.11. The summed E-state index contributed by atoms with van der Waals surface area (Å²) >= 11 is 0. The first-order valence-corrected chi connectivity index (χ1v) is 7.56. The van der Waals surface area contributed by atoms with Crippen LogP contribution < -0.4 is 10.1 Å². The van der Waals surface area contributed by atoms with Gasteiger partial charge in [0.25, 0.3) is 0 Å². The number of rotatable bonds is 5. The number of aromatic nitrogens is 4. The van der Waals surface area contributed by atoms with Crippen LogP contribution >= 0.6 is 0 Å². The minimum atomic E-state index is -2.40. The van der Waals surface area contributed by atoms with Crippen molar-refractivity contribution in [2.75, 3.05) is 12.4 Å². The summed E-state index contributed by atoms with van der Waals surface area (Å²) in [5.74, 6) is 1.51. The zero-order chi connectivity index (χ0) is 19.6. The summed E-state index contributed by atoms with van der Waals surface area (Å²) in [6, 6.07) is 7.83. The van der Waals surface area contributed by atoms with E-state index in [-0.39, 0.29) is 0 Å². The Kier molecular flexibility index (Phi) is 3.50. The van der Waals surface area contributed by atoms with E-state index in [9.17, 15) is 0 Å². The van der Waals surface area contributed by atoms with Gasteiger partial charge >= 0.3 is 0 Å². The van der Waals surface area contributed by atoms with Crippen molar-refractivity contribution in [3.63, 3.8) is 0 Å². The molecule has 0 radical (unpaired) electrons. The minimum absolute atomic E-state index is 0.488. The van der Waals surface area contributed by atoms with Crippen molar-refractivity contribution < 1.29 is 8.85 Å². The van der Waals surface area contributed by atoms with E-state index < -0.39 is 6.98 Å². The van der Waals surface area contributed by atoms with E-state index in [0.717, 1.165) is 32.8 Å². The van der Waals surface area contributed by atoms with Gasteiger partial charge in [-0.25, -0.2) is 4.98 Å². The highest BCUT2D eigenvalue weighted by Gasteiger charge is 2.11. The number of nitrogens with one attached hydrogen (secondary N) is 1. The van der Waals surface area contributed by atoms with Crippen LogP contribution in [-0.4, -0.2) is 27.1 Å². The van der Waals surface area contributed by atoms with Gasteiger partial charge in [0.05, 0.1) is 13.3 Å². The molecule has 3 aromatic rings. The lowest BCUT2D eigenvalue weighted by molar-refractivity contribution is 0.410. The Balaban J connectivity index is 1.84. The summed E-state index contributed by atoms with van der Waals surface area (Å²) in [6.45, 7) is 2.07. The summed E-state index contributed by atoms with van der Waals surface area (Å²) in [7, 11) is 1.65. The SMILES string of the molecule is [2H]C([2H])([2H])n1ncc(-c2ccnc(NCc3ccc(C)cc3OC)c2C)n1. The highest BCUT2D eigenvalue weighted by Crippen LogP contribution is 2.26. The number of benzene rings is 1. The number of anilines is 1. The topological polar surface area (TPSA) is 64.9 Å². The molecule has 0 bridgehead atoms. The normalized spacial score (nSPS) is 13.0. The largest absolute Gasteiger partial charge is 0.496 e. The van der Waals surface area contributed by atoms with E-state index in [2.05, 4.69) is 20.5 Å². The van der Waals surface area contributed by atoms with Crippen LogP contribution in [0.5, 0.6) is 5.75 Å². The first kappa shape index (κ1) is 12.5. The van der Waals surface area contributed by atoms with Gasteiger partial charge in [0.2, 0.25) is 0 Å². The minimum Gasteiger partial charge on any atom is -0.496 e.